The number of thioether (sulfide) groups is 1. The average Bonchev–Trinajstić information content (AvgIpc) is 3.47. The Bertz CT molecular complexity index is 575. The fraction of sp³-hybridized carbons (Fsp3) is 0.688. The minimum absolute atomic E-state index is 0.131. The Balaban J connectivity index is 1.44. The minimum atomic E-state index is -0.369. The number of anilines is 1. The summed E-state index contributed by atoms with van der Waals surface area (Å²) < 4.78 is 5.75. The van der Waals surface area contributed by atoms with E-state index in [9.17, 15) is 4.79 Å². The number of amides is 1. The van der Waals surface area contributed by atoms with E-state index in [2.05, 4.69) is 9.88 Å². The van der Waals surface area contributed by atoms with E-state index in [1.54, 1.807) is 0 Å². The summed E-state index contributed by atoms with van der Waals surface area (Å²) in [4.78, 5) is 25.8. The van der Waals surface area contributed by atoms with Crippen molar-refractivity contribution in [3.05, 3.63) is 18.1 Å². The Morgan fingerprint density at radius 2 is 2.09 bits per heavy atom. The molecule has 1 aromatic heterocycles. The molecule has 3 aliphatic rings. The van der Waals surface area contributed by atoms with Crippen LogP contribution in [0.15, 0.2) is 12.3 Å². The first-order valence-corrected chi connectivity index (χ1v) is 9.53. The molecule has 1 saturated carbocycles. The summed E-state index contributed by atoms with van der Waals surface area (Å²) in [5.41, 5.74) is 0. The van der Waals surface area contributed by atoms with Crippen LogP contribution in [0.5, 0.6) is 0 Å². The fourth-order valence-electron chi connectivity index (χ4n) is 3.07. The normalized spacial score (nSPS) is 25.5. The van der Waals surface area contributed by atoms with Crippen LogP contribution >= 0.6 is 11.8 Å². The van der Waals surface area contributed by atoms with Gasteiger partial charge < -0.3 is 14.5 Å². The quantitative estimate of drug-likeness (QED) is 0.826. The van der Waals surface area contributed by atoms with Gasteiger partial charge in [-0.15, -0.1) is 0 Å². The maximum atomic E-state index is 12.6. The number of hydrogen-bond donors (Lipinski definition) is 0. The minimum Gasteiger partial charge on any atom is -0.365 e. The number of rotatable bonds is 3. The molecular formula is C16H22N4O2S. The van der Waals surface area contributed by atoms with Gasteiger partial charge in [-0.1, -0.05) is 0 Å². The largest absolute Gasteiger partial charge is 0.365 e. The molecule has 2 aliphatic heterocycles. The molecule has 1 aliphatic carbocycles. The lowest BCUT2D eigenvalue weighted by molar-refractivity contribution is -0.144. The van der Waals surface area contributed by atoms with Crippen molar-refractivity contribution in [3.63, 3.8) is 0 Å². The molecule has 3 heterocycles. The molecular weight excluding hydrogens is 312 g/mol. The Morgan fingerprint density at radius 3 is 2.87 bits per heavy atom. The van der Waals surface area contributed by atoms with E-state index in [0.717, 1.165) is 42.8 Å². The molecule has 0 radical (unpaired) electrons. The third-order valence-electron chi connectivity index (χ3n) is 4.59. The zero-order chi connectivity index (χ0) is 15.6. The number of carbonyl (C=O) groups is 1. The van der Waals surface area contributed by atoms with Gasteiger partial charge in [0, 0.05) is 43.3 Å². The van der Waals surface area contributed by atoms with Gasteiger partial charge in [0.25, 0.3) is 5.91 Å². The number of morpholine rings is 1. The van der Waals surface area contributed by atoms with Crippen LogP contribution in [-0.4, -0.2) is 71.2 Å². The van der Waals surface area contributed by atoms with Crippen molar-refractivity contribution < 1.29 is 9.53 Å². The maximum absolute atomic E-state index is 12.6. The molecule has 3 fully saturated rings. The zero-order valence-corrected chi connectivity index (χ0v) is 14.0. The number of nitrogens with zero attached hydrogens (tertiary/aromatic N) is 4. The highest BCUT2D eigenvalue weighted by Crippen LogP contribution is 2.38. The van der Waals surface area contributed by atoms with Crippen molar-refractivity contribution in [2.24, 2.45) is 0 Å². The molecule has 1 atom stereocenters. The molecule has 1 aromatic rings. The van der Waals surface area contributed by atoms with Crippen LogP contribution in [0.2, 0.25) is 0 Å². The van der Waals surface area contributed by atoms with Gasteiger partial charge in [0.15, 0.2) is 6.10 Å². The Labute approximate surface area is 140 Å². The van der Waals surface area contributed by atoms with Crippen molar-refractivity contribution in [1.82, 2.24) is 14.9 Å². The van der Waals surface area contributed by atoms with Crippen molar-refractivity contribution in [2.45, 2.75) is 24.9 Å². The first-order chi connectivity index (χ1) is 11.3. The first kappa shape index (κ1) is 15.2. The molecule has 7 heteroatoms. The summed E-state index contributed by atoms with van der Waals surface area (Å²) in [7, 11) is 0. The van der Waals surface area contributed by atoms with Crippen LogP contribution in [0.4, 0.5) is 5.82 Å². The molecule has 0 aromatic carbocycles. The monoisotopic (exact) mass is 334 g/mol. The standard InChI is InChI=1S/C16H22N4O2S/c21-16(19-6-9-23-10-7-19)13-11-20(5-8-22-13)14-3-4-17-15(18-14)12-1-2-12/h3-4,12-13H,1-2,5-11H2. The van der Waals surface area contributed by atoms with Crippen LogP contribution < -0.4 is 4.90 Å². The van der Waals surface area contributed by atoms with E-state index in [1.807, 2.05) is 28.9 Å². The van der Waals surface area contributed by atoms with Crippen molar-refractivity contribution in [2.75, 3.05) is 49.2 Å². The summed E-state index contributed by atoms with van der Waals surface area (Å²) >= 11 is 1.91. The first-order valence-electron chi connectivity index (χ1n) is 8.37. The Kier molecular flexibility index (Phi) is 4.39. The zero-order valence-electron chi connectivity index (χ0n) is 13.2. The molecule has 0 spiro atoms. The van der Waals surface area contributed by atoms with Gasteiger partial charge in [-0.05, 0) is 18.9 Å². The van der Waals surface area contributed by atoms with Crippen molar-refractivity contribution >= 4 is 23.5 Å². The van der Waals surface area contributed by atoms with Gasteiger partial charge >= 0.3 is 0 Å². The molecule has 124 valence electrons. The molecule has 0 N–H and O–H groups in total. The van der Waals surface area contributed by atoms with Gasteiger partial charge in [-0.2, -0.15) is 11.8 Å². The van der Waals surface area contributed by atoms with Gasteiger partial charge in [-0.25, -0.2) is 9.97 Å². The van der Waals surface area contributed by atoms with Crippen LogP contribution in [0.3, 0.4) is 0 Å². The summed E-state index contributed by atoms with van der Waals surface area (Å²) in [5, 5.41) is 0. The van der Waals surface area contributed by atoms with Crippen LogP contribution in [0, 0.1) is 0 Å². The maximum Gasteiger partial charge on any atom is 0.253 e. The van der Waals surface area contributed by atoms with Gasteiger partial charge in [0.1, 0.15) is 11.6 Å². The predicted molar refractivity (Wildman–Crippen MR) is 89.9 cm³/mol. The topological polar surface area (TPSA) is 58.6 Å². The van der Waals surface area contributed by atoms with Crippen molar-refractivity contribution in [1.29, 1.82) is 0 Å². The number of aromatic nitrogens is 2. The van der Waals surface area contributed by atoms with Gasteiger partial charge in [0.05, 0.1) is 13.2 Å². The van der Waals surface area contributed by atoms with E-state index < -0.39 is 0 Å². The third kappa shape index (κ3) is 3.45. The highest BCUT2D eigenvalue weighted by Gasteiger charge is 2.32. The highest BCUT2D eigenvalue weighted by molar-refractivity contribution is 7.99. The number of carbonyl (C=O) groups excluding carboxylic acids is 1. The lowest BCUT2D eigenvalue weighted by Crippen LogP contribution is -2.52. The summed E-state index contributed by atoms with van der Waals surface area (Å²) in [5.74, 6) is 4.60. The second-order valence-electron chi connectivity index (χ2n) is 6.29. The van der Waals surface area contributed by atoms with E-state index in [4.69, 9.17) is 9.72 Å². The molecule has 0 bridgehead atoms. The van der Waals surface area contributed by atoms with E-state index >= 15 is 0 Å². The SMILES string of the molecule is O=C(C1CN(c2ccnc(C3CC3)n2)CCO1)N1CCSCC1. The van der Waals surface area contributed by atoms with Crippen LogP contribution in [0.25, 0.3) is 0 Å². The van der Waals surface area contributed by atoms with Gasteiger partial charge in [0.2, 0.25) is 0 Å². The van der Waals surface area contributed by atoms with Crippen molar-refractivity contribution in [3.8, 4) is 0 Å². The summed E-state index contributed by atoms with van der Waals surface area (Å²) in [6.07, 6.45) is 3.86. The molecule has 2 saturated heterocycles. The lowest BCUT2D eigenvalue weighted by atomic mass is 10.2. The van der Waals surface area contributed by atoms with Crippen LogP contribution in [-0.2, 0) is 9.53 Å². The number of hydrogen-bond acceptors (Lipinski definition) is 6. The molecule has 23 heavy (non-hydrogen) atoms. The average molecular weight is 334 g/mol. The Hall–Kier alpha value is -1.34. The van der Waals surface area contributed by atoms with E-state index in [-0.39, 0.29) is 12.0 Å². The molecule has 1 amide bonds. The highest BCUT2D eigenvalue weighted by atomic mass is 32.2. The fourth-order valence-corrected chi connectivity index (χ4v) is 3.98. The second-order valence-corrected chi connectivity index (χ2v) is 7.52. The smallest absolute Gasteiger partial charge is 0.253 e. The lowest BCUT2D eigenvalue weighted by Gasteiger charge is -2.36. The molecule has 4 rings (SSSR count). The Morgan fingerprint density at radius 1 is 1.26 bits per heavy atom. The third-order valence-corrected chi connectivity index (χ3v) is 5.53. The van der Waals surface area contributed by atoms with Gasteiger partial charge in [-0.3, -0.25) is 4.79 Å². The second kappa shape index (κ2) is 6.65. The molecule has 1 unspecified atom stereocenters. The summed E-state index contributed by atoms with van der Waals surface area (Å²) in [6.45, 7) is 3.61. The van der Waals surface area contributed by atoms with E-state index in [1.165, 1.54) is 12.8 Å². The van der Waals surface area contributed by atoms with Crippen LogP contribution in [0.1, 0.15) is 24.6 Å². The molecule has 6 nitrogen and oxygen atoms in total. The predicted octanol–water partition coefficient (Wildman–Crippen LogP) is 1.13. The van der Waals surface area contributed by atoms with E-state index in [0.29, 0.717) is 19.1 Å². The number of ether oxygens (including phenoxy) is 1. The summed E-state index contributed by atoms with van der Waals surface area (Å²) in [6, 6.07) is 1.94.